The lowest BCUT2D eigenvalue weighted by Crippen LogP contribution is -2.48. The van der Waals surface area contributed by atoms with Crippen molar-refractivity contribution in [3.63, 3.8) is 0 Å². The second-order valence-corrected chi connectivity index (χ2v) is 8.09. The number of nitrogens with one attached hydrogen (secondary N) is 1. The van der Waals surface area contributed by atoms with Crippen molar-refractivity contribution >= 4 is 40.9 Å². The molecule has 7 heteroatoms. The fourth-order valence-electron chi connectivity index (χ4n) is 3.64. The monoisotopic (exact) mass is 390 g/mol. The third-order valence-corrected chi connectivity index (χ3v) is 6.68. The minimum atomic E-state index is -0.634. The largest absolute Gasteiger partial charge is 0.322 e. The SMILES string of the molecule is O=C(Nc1ccc(Cl)cc1F)[C@H]1CS[C@@]2(c3ccccc3)CCC(=O)N12. The summed E-state index contributed by atoms with van der Waals surface area (Å²) < 4.78 is 14.0. The van der Waals surface area contributed by atoms with Crippen molar-refractivity contribution in [2.45, 2.75) is 23.8 Å². The first kappa shape index (κ1) is 17.4. The molecule has 26 heavy (non-hydrogen) atoms. The van der Waals surface area contributed by atoms with E-state index in [0.717, 1.165) is 11.6 Å². The molecule has 0 saturated carbocycles. The Balaban J connectivity index is 1.62. The Morgan fingerprint density at radius 1 is 1.27 bits per heavy atom. The van der Waals surface area contributed by atoms with Gasteiger partial charge in [0.25, 0.3) is 0 Å². The number of fused-ring (bicyclic) bond motifs is 1. The van der Waals surface area contributed by atoms with Crippen LogP contribution in [0.15, 0.2) is 48.5 Å². The van der Waals surface area contributed by atoms with Crippen molar-refractivity contribution in [1.29, 1.82) is 0 Å². The molecule has 2 amide bonds. The smallest absolute Gasteiger partial charge is 0.248 e. The lowest BCUT2D eigenvalue weighted by atomic mass is 10.0. The van der Waals surface area contributed by atoms with E-state index in [1.807, 2.05) is 30.3 Å². The van der Waals surface area contributed by atoms with Crippen LogP contribution in [0.25, 0.3) is 0 Å². The van der Waals surface area contributed by atoms with E-state index in [1.54, 1.807) is 16.7 Å². The fraction of sp³-hybridized carbons (Fsp3) is 0.263. The van der Waals surface area contributed by atoms with Crippen LogP contribution in [0.4, 0.5) is 10.1 Å². The molecule has 134 valence electrons. The molecule has 0 bridgehead atoms. The van der Waals surface area contributed by atoms with Gasteiger partial charge in [-0.15, -0.1) is 11.8 Å². The van der Waals surface area contributed by atoms with Gasteiger partial charge in [-0.05, 0) is 30.2 Å². The van der Waals surface area contributed by atoms with Crippen LogP contribution in [0.1, 0.15) is 18.4 Å². The van der Waals surface area contributed by atoms with Crippen LogP contribution >= 0.6 is 23.4 Å². The van der Waals surface area contributed by atoms with Gasteiger partial charge in [0.05, 0.1) is 5.69 Å². The average molecular weight is 391 g/mol. The van der Waals surface area contributed by atoms with Gasteiger partial charge in [0.1, 0.15) is 16.7 Å². The summed E-state index contributed by atoms with van der Waals surface area (Å²) in [6.45, 7) is 0. The van der Waals surface area contributed by atoms with Gasteiger partial charge in [0.2, 0.25) is 11.8 Å². The Morgan fingerprint density at radius 3 is 2.77 bits per heavy atom. The Bertz CT molecular complexity index is 879. The molecule has 4 nitrogen and oxygen atoms in total. The van der Waals surface area contributed by atoms with E-state index >= 15 is 0 Å². The van der Waals surface area contributed by atoms with Crippen LogP contribution in [0, 0.1) is 5.82 Å². The Kier molecular flexibility index (Phi) is 4.40. The number of carbonyl (C=O) groups is 2. The molecule has 2 heterocycles. The minimum absolute atomic E-state index is 0.0458. The first-order valence-corrected chi connectivity index (χ1v) is 9.65. The molecule has 0 radical (unpaired) electrons. The number of hydrogen-bond acceptors (Lipinski definition) is 3. The number of amides is 2. The lowest BCUT2D eigenvalue weighted by Gasteiger charge is -2.34. The third-order valence-electron chi connectivity index (χ3n) is 4.84. The Morgan fingerprint density at radius 2 is 2.04 bits per heavy atom. The predicted molar refractivity (Wildman–Crippen MR) is 100 cm³/mol. The summed E-state index contributed by atoms with van der Waals surface area (Å²) in [7, 11) is 0. The maximum absolute atomic E-state index is 14.0. The van der Waals surface area contributed by atoms with Crippen molar-refractivity contribution in [3.8, 4) is 0 Å². The Hall–Kier alpha value is -2.05. The van der Waals surface area contributed by atoms with E-state index in [2.05, 4.69) is 5.32 Å². The van der Waals surface area contributed by atoms with Crippen molar-refractivity contribution in [3.05, 3.63) is 64.9 Å². The standard InChI is InChI=1S/C19H16ClFN2O2S/c20-13-6-7-15(14(21)10-13)22-18(25)16-11-26-19(9-8-17(24)23(16)19)12-4-2-1-3-5-12/h1-7,10,16H,8-9,11H2,(H,22,25)/t16-,19-/m1/s1. The molecule has 0 spiro atoms. The van der Waals surface area contributed by atoms with Crippen molar-refractivity contribution in [1.82, 2.24) is 4.90 Å². The molecule has 0 aromatic heterocycles. The van der Waals surface area contributed by atoms with Gasteiger partial charge < -0.3 is 10.2 Å². The van der Waals surface area contributed by atoms with Gasteiger partial charge in [-0.1, -0.05) is 41.9 Å². The van der Waals surface area contributed by atoms with Gasteiger partial charge in [-0.3, -0.25) is 9.59 Å². The maximum Gasteiger partial charge on any atom is 0.248 e. The van der Waals surface area contributed by atoms with Gasteiger partial charge in [-0.2, -0.15) is 0 Å². The van der Waals surface area contributed by atoms with E-state index in [1.165, 1.54) is 12.1 Å². The second-order valence-electron chi connectivity index (χ2n) is 6.35. The highest BCUT2D eigenvalue weighted by Crippen LogP contribution is 2.54. The van der Waals surface area contributed by atoms with Crippen molar-refractivity contribution in [2.75, 3.05) is 11.1 Å². The Labute approximate surface area is 159 Å². The zero-order valence-corrected chi connectivity index (χ0v) is 15.3. The first-order valence-electron chi connectivity index (χ1n) is 8.29. The number of benzene rings is 2. The first-order chi connectivity index (χ1) is 12.5. The van der Waals surface area contributed by atoms with E-state index < -0.39 is 16.7 Å². The van der Waals surface area contributed by atoms with Crippen LogP contribution in [-0.4, -0.2) is 28.5 Å². The molecule has 2 fully saturated rings. The molecule has 2 aliphatic heterocycles. The topological polar surface area (TPSA) is 49.4 Å². The van der Waals surface area contributed by atoms with Crippen LogP contribution in [0.3, 0.4) is 0 Å². The van der Waals surface area contributed by atoms with Crippen molar-refractivity contribution < 1.29 is 14.0 Å². The highest BCUT2D eigenvalue weighted by molar-refractivity contribution is 8.00. The van der Waals surface area contributed by atoms with Gasteiger partial charge in [0, 0.05) is 17.2 Å². The van der Waals surface area contributed by atoms with Crippen molar-refractivity contribution in [2.24, 2.45) is 0 Å². The summed E-state index contributed by atoms with van der Waals surface area (Å²) >= 11 is 7.35. The molecule has 2 saturated heterocycles. The number of hydrogen-bond donors (Lipinski definition) is 1. The molecule has 2 aromatic rings. The number of rotatable bonds is 3. The number of thioether (sulfide) groups is 1. The van der Waals surface area contributed by atoms with E-state index in [9.17, 15) is 14.0 Å². The molecule has 4 rings (SSSR count). The van der Waals surface area contributed by atoms with Crippen LogP contribution in [0.5, 0.6) is 0 Å². The normalized spacial score (nSPS) is 24.6. The summed E-state index contributed by atoms with van der Waals surface area (Å²) in [6.07, 6.45) is 1.07. The quantitative estimate of drug-likeness (QED) is 0.861. The lowest BCUT2D eigenvalue weighted by molar-refractivity contribution is -0.136. The number of carbonyl (C=O) groups excluding carboxylic acids is 2. The number of nitrogens with zero attached hydrogens (tertiary/aromatic N) is 1. The fourth-order valence-corrected chi connectivity index (χ4v) is 5.45. The van der Waals surface area contributed by atoms with Crippen LogP contribution < -0.4 is 5.32 Å². The highest BCUT2D eigenvalue weighted by Gasteiger charge is 2.56. The zero-order valence-electron chi connectivity index (χ0n) is 13.7. The average Bonchev–Trinajstić information content (AvgIpc) is 3.18. The molecule has 1 N–H and O–H groups in total. The molecule has 0 aliphatic carbocycles. The van der Waals surface area contributed by atoms with Crippen LogP contribution in [0.2, 0.25) is 5.02 Å². The second kappa shape index (κ2) is 6.59. The molecule has 0 unspecified atom stereocenters. The summed E-state index contributed by atoms with van der Waals surface area (Å²) in [5.41, 5.74) is 1.08. The third kappa shape index (κ3) is 2.77. The summed E-state index contributed by atoms with van der Waals surface area (Å²) in [5, 5.41) is 2.86. The zero-order chi connectivity index (χ0) is 18.3. The minimum Gasteiger partial charge on any atom is -0.322 e. The molecule has 2 atom stereocenters. The molecular formula is C19H16ClFN2O2S. The summed E-state index contributed by atoms with van der Waals surface area (Å²) in [5.74, 6) is -0.553. The van der Waals surface area contributed by atoms with E-state index in [4.69, 9.17) is 11.6 Å². The van der Waals surface area contributed by atoms with Gasteiger partial charge in [0.15, 0.2) is 0 Å². The summed E-state index contributed by atoms with van der Waals surface area (Å²) in [6, 6.07) is 13.2. The van der Waals surface area contributed by atoms with E-state index in [0.29, 0.717) is 18.6 Å². The molecule has 2 aromatic carbocycles. The van der Waals surface area contributed by atoms with E-state index in [-0.39, 0.29) is 22.5 Å². The van der Waals surface area contributed by atoms with Gasteiger partial charge in [-0.25, -0.2) is 4.39 Å². The summed E-state index contributed by atoms with van der Waals surface area (Å²) in [4.78, 5) is 26.5. The molecular weight excluding hydrogens is 375 g/mol. The van der Waals surface area contributed by atoms with Gasteiger partial charge >= 0.3 is 0 Å². The molecule has 2 aliphatic rings. The van der Waals surface area contributed by atoms with Crippen LogP contribution in [-0.2, 0) is 14.5 Å². The maximum atomic E-state index is 14.0. The number of anilines is 1. The predicted octanol–water partition coefficient (Wildman–Crippen LogP) is 4.01. The highest BCUT2D eigenvalue weighted by atomic mass is 35.5. The number of halogens is 2.